The lowest BCUT2D eigenvalue weighted by Gasteiger charge is -2.29. The molecule has 1 aliphatic heterocycles. The molecule has 6 nitrogen and oxygen atoms in total. The molecule has 0 radical (unpaired) electrons. The predicted molar refractivity (Wildman–Crippen MR) is 126 cm³/mol. The van der Waals surface area contributed by atoms with E-state index in [1.165, 1.54) is 0 Å². The van der Waals surface area contributed by atoms with Crippen molar-refractivity contribution < 1.29 is 8.42 Å². The van der Waals surface area contributed by atoms with Crippen LogP contribution in [0.3, 0.4) is 0 Å². The third kappa shape index (κ3) is 3.85. The number of aryl methyl sites for hydroxylation is 1. The summed E-state index contributed by atoms with van der Waals surface area (Å²) in [5.41, 5.74) is 4.94. The summed E-state index contributed by atoms with van der Waals surface area (Å²) in [5.74, 6) is 0.754. The molecule has 1 N–H and O–H groups in total. The quantitative estimate of drug-likeness (QED) is 0.484. The molecule has 2 aromatic carbocycles. The average molecular weight is 445 g/mol. The van der Waals surface area contributed by atoms with Crippen LogP contribution in [0.25, 0.3) is 10.9 Å². The normalized spacial score (nSPS) is 14.3. The molecule has 162 valence electrons. The first-order chi connectivity index (χ1) is 15.5. The third-order valence-electron chi connectivity index (χ3n) is 5.93. The molecule has 0 aliphatic carbocycles. The van der Waals surface area contributed by atoms with E-state index in [9.17, 15) is 8.42 Å². The Morgan fingerprint density at radius 3 is 2.66 bits per heavy atom. The van der Waals surface area contributed by atoms with Crippen LogP contribution in [-0.2, 0) is 29.4 Å². The average Bonchev–Trinajstić information content (AvgIpc) is 2.84. The smallest absolute Gasteiger partial charge is 0.243 e. The lowest BCUT2D eigenvalue weighted by atomic mass is 10.0. The van der Waals surface area contributed by atoms with Crippen LogP contribution in [0.4, 0.5) is 11.5 Å². The summed E-state index contributed by atoms with van der Waals surface area (Å²) in [5, 5.41) is 4.43. The number of fused-ring (bicyclic) bond motifs is 2. The maximum Gasteiger partial charge on any atom is 0.243 e. The summed E-state index contributed by atoms with van der Waals surface area (Å²) >= 11 is 0. The molecule has 4 aromatic rings. The van der Waals surface area contributed by atoms with E-state index in [0.29, 0.717) is 24.4 Å². The molecule has 1 aliphatic rings. The Balaban J connectivity index is 1.40. The molecular weight excluding hydrogens is 420 g/mol. The van der Waals surface area contributed by atoms with Gasteiger partial charge in [0.05, 0.1) is 22.3 Å². The fraction of sp³-hybridized carbons (Fsp3) is 0.200. The topological polar surface area (TPSA) is 75.2 Å². The van der Waals surface area contributed by atoms with Gasteiger partial charge in [-0.3, -0.25) is 4.98 Å². The van der Waals surface area contributed by atoms with Crippen molar-refractivity contribution in [2.24, 2.45) is 0 Å². The number of nitrogens with zero attached hydrogens (tertiary/aromatic N) is 3. The van der Waals surface area contributed by atoms with Gasteiger partial charge >= 0.3 is 0 Å². The highest BCUT2D eigenvalue weighted by Gasteiger charge is 2.29. The molecular formula is C25H24N4O2S. The van der Waals surface area contributed by atoms with E-state index >= 15 is 0 Å². The van der Waals surface area contributed by atoms with Gasteiger partial charge in [-0.1, -0.05) is 37.3 Å². The van der Waals surface area contributed by atoms with Crippen LogP contribution < -0.4 is 5.32 Å². The Morgan fingerprint density at radius 1 is 1.03 bits per heavy atom. The number of hydrogen-bond donors (Lipinski definition) is 1. The molecule has 0 saturated carbocycles. The molecule has 0 amide bonds. The second kappa shape index (κ2) is 8.33. The molecule has 3 heterocycles. The highest BCUT2D eigenvalue weighted by atomic mass is 32.2. The SMILES string of the molecule is CCc1ccc(S(=O)(=O)N2CCc3c(ccnc3Nc3cnc4ccccc4c3)C2)cc1. The van der Waals surface area contributed by atoms with Crippen molar-refractivity contribution in [2.75, 3.05) is 11.9 Å². The molecule has 0 saturated heterocycles. The zero-order valence-electron chi connectivity index (χ0n) is 17.8. The van der Waals surface area contributed by atoms with E-state index < -0.39 is 10.0 Å². The van der Waals surface area contributed by atoms with Crippen molar-refractivity contribution in [3.05, 3.63) is 89.7 Å². The van der Waals surface area contributed by atoms with Gasteiger partial charge in [-0.05, 0) is 54.3 Å². The molecule has 0 fully saturated rings. The number of rotatable bonds is 5. The number of nitrogens with one attached hydrogen (secondary N) is 1. The Kier molecular flexibility index (Phi) is 5.36. The van der Waals surface area contributed by atoms with E-state index in [1.807, 2.05) is 48.5 Å². The first kappa shape index (κ1) is 20.6. The van der Waals surface area contributed by atoms with Crippen LogP contribution in [0, 0.1) is 0 Å². The van der Waals surface area contributed by atoms with Gasteiger partial charge in [-0.15, -0.1) is 0 Å². The number of sulfonamides is 1. The molecule has 7 heteroatoms. The van der Waals surface area contributed by atoms with Crippen molar-refractivity contribution in [3.8, 4) is 0 Å². The van der Waals surface area contributed by atoms with Gasteiger partial charge in [0.25, 0.3) is 0 Å². The fourth-order valence-electron chi connectivity index (χ4n) is 4.10. The van der Waals surface area contributed by atoms with Gasteiger partial charge in [0.2, 0.25) is 10.0 Å². The van der Waals surface area contributed by atoms with Crippen LogP contribution >= 0.6 is 0 Å². The summed E-state index contributed by atoms with van der Waals surface area (Å²) in [7, 11) is -3.54. The first-order valence-electron chi connectivity index (χ1n) is 10.7. The van der Waals surface area contributed by atoms with Gasteiger partial charge < -0.3 is 5.32 Å². The van der Waals surface area contributed by atoms with E-state index in [-0.39, 0.29) is 0 Å². The van der Waals surface area contributed by atoms with Gasteiger partial charge in [-0.2, -0.15) is 4.31 Å². The van der Waals surface area contributed by atoms with E-state index in [4.69, 9.17) is 0 Å². The molecule has 0 unspecified atom stereocenters. The Labute approximate surface area is 188 Å². The zero-order valence-corrected chi connectivity index (χ0v) is 18.6. The number of benzene rings is 2. The minimum atomic E-state index is -3.54. The monoisotopic (exact) mass is 444 g/mol. The maximum absolute atomic E-state index is 13.2. The molecule has 32 heavy (non-hydrogen) atoms. The van der Waals surface area contributed by atoms with Crippen LogP contribution in [0.15, 0.2) is 78.0 Å². The van der Waals surface area contributed by atoms with E-state index in [0.717, 1.165) is 45.5 Å². The minimum absolute atomic E-state index is 0.334. The van der Waals surface area contributed by atoms with Crippen molar-refractivity contribution in [1.29, 1.82) is 0 Å². The number of hydrogen-bond acceptors (Lipinski definition) is 5. The van der Waals surface area contributed by atoms with Crippen molar-refractivity contribution in [1.82, 2.24) is 14.3 Å². The Hall–Kier alpha value is -3.29. The number of anilines is 2. The van der Waals surface area contributed by atoms with Crippen LogP contribution in [-0.4, -0.2) is 29.2 Å². The molecule has 0 atom stereocenters. The van der Waals surface area contributed by atoms with E-state index in [1.54, 1.807) is 28.8 Å². The van der Waals surface area contributed by atoms with E-state index in [2.05, 4.69) is 22.2 Å². The summed E-state index contributed by atoms with van der Waals surface area (Å²) in [6, 6.07) is 19.1. The predicted octanol–water partition coefficient (Wildman–Crippen LogP) is 4.68. The van der Waals surface area contributed by atoms with Crippen molar-refractivity contribution in [2.45, 2.75) is 31.2 Å². The lowest BCUT2D eigenvalue weighted by Crippen LogP contribution is -2.36. The second-order valence-corrected chi connectivity index (χ2v) is 9.86. The van der Waals surface area contributed by atoms with Gasteiger partial charge in [-0.25, -0.2) is 13.4 Å². The second-order valence-electron chi connectivity index (χ2n) is 7.93. The highest BCUT2D eigenvalue weighted by Crippen LogP contribution is 2.30. The molecule has 2 aromatic heterocycles. The lowest BCUT2D eigenvalue weighted by molar-refractivity contribution is 0.391. The number of aromatic nitrogens is 2. The number of pyridine rings is 2. The molecule has 5 rings (SSSR count). The summed E-state index contributed by atoms with van der Waals surface area (Å²) in [6.07, 6.45) is 5.00. The maximum atomic E-state index is 13.2. The van der Waals surface area contributed by atoms with Crippen LogP contribution in [0.2, 0.25) is 0 Å². The van der Waals surface area contributed by atoms with Gasteiger partial charge in [0.15, 0.2) is 0 Å². The third-order valence-corrected chi connectivity index (χ3v) is 7.79. The Morgan fingerprint density at radius 2 is 1.84 bits per heavy atom. The first-order valence-corrected chi connectivity index (χ1v) is 12.2. The van der Waals surface area contributed by atoms with Gasteiger partial charge in [0.1, 0.15) is 5.82 Å². The highest BCUT2D eigenvalue weighted by molar-refractivity contribution is 7.89. The van der Waals surface area contributed by atoms with Crippen molar-refractivity contribution >= 4 is 32.4 Å². The van der Waals surface area contributed by atoms with Crippen LogP contribution in [0.5, 0.6) is 0 Å². The largest absolute Gasteiger partial charge is 0.339 e. The summed E-state index contributed by atoms with van der Waals surface area (Å²) < 4.78 is 27.9. The van der Waals surface area contributed by atoms with Gasteiger partial charge in [0, 0.05) is 30.2 Å². The summed E-state index contributed by atoms with van der Waals surface area (Å²) in [4.78, 5) is 9.37. The number of para-hydroxylation sites is 1. The summed E-state index contributed by atoms with van der Waals surface area (Å²) in [6.45, 7) is 2.81. The fourth-order valence-corrected chi connectivity index (χ4v) is 5.52. The minimum Gasteiger partial charge on any atom is -0.339 e. The van der Waals surface area contributed by atoms with Crippen LogP contribution in [0.1, 0.15) is 23.6 Å². The Bertz CT molecular complexity index is 1380. The zero-order chi connectivity index (χ0) is 22.1. The molecule has 0 spiro atoms. The standard InChI is InChI=1S/C25H24N4O2S/c1-2-18-7-9-22(10-8-18)32(30,31)29-14-12-23-20(17-29)11-13-26-25(23)28-21-15-19-5-3-4-6-24(19)27-16-21/h3-11,13,15-16H,2,12,14,17H2,1H3,(H,26,28). The molecule has 0 bridgehead atoms. The van der Waals surface area contributed by atoms with Crippen molar-refractivity contribution in [3.63, 3.8) is 0 Å².